The first-order valence-corrected chi connectivity index (χ1v) is 8.97. The predicted molar refractivity (Wildman–Crippen MR) is 90.4 cm³/mol. The van der Waals surface area contributed by atoms with Crippen molar-refractivity contribution in [3.05, 3.63) is 40.1 Å². The maximum Gasteiger partial charge on any atom is 0.277 e. The molecule has 0 aromatic carbocycles. The van der Waals surface area contributed by atoms with Crippen LogP contribution >= 0.6 is 23.1 Å². The second-order valence-electron chi connectivity index (χ2n) is 4.78. The van der Waals surface area contributed by atoms with E-state index in [9.17, 15) is 9.59 Å². The minimum atomic E-state index is -0.274. The van der Waals surface area contributed by atoms with Crippen LogP contribution in [0.5, 0.6) is 0 Å². The van der Waals surface area contributed by atoms with Crippen LogP contribution in [0.4, 0.5) is 5.82 Å². The van der Waals surface area contributed by atoms with Gasteiger partial charge in [0.05, 0.1) is 17.2 Å². The first kappa shape index (κ1) is 17.2. The van der Waals surface area contributed by atoms with Crippen molar-refractivity contribution in [1.82, 2.24) is 20.7 Å². The van der Waals surface area contributed by atoms with Gasteiger partial charge in [0.2, 0.25) is 11.8 Å². The molecule has 130 valence electrons. The second-order valence-corrected chi connectivity index (χ2v) is 6.66. The summed E-state index contributed by atoms with van der Waals surface area (Å²) in [5, 5.41) is 18.7. The van der Waals surface area contributed by atoms with Gasteiger partial charge in [-0.15, -0.1) is 21.5 Å². The number of carbonyl (C=O) groups excluding carboxylic acids is 2. The molecular formula is C14H13N5O4S2. The Labute approximate surface area is 150 Å². The Morgan fingerprint density at radius 2 is 2.24 bits per heavy atom. The van der Waals surface area contributed by atoms with Crippen LogP contribution < -0.4 is 10.6 Å². The van der Waals surface area contributed by atoms with E-state index in [1.807, 2.05) is 5.38 Å². The maximum atomic E-state index is 11.8. The summed E-state index contributed by atoms with van der Waals surface area (Å²) in [6.45, 7) is 1.85. The number of amides is 2. The van der Waals surface area contributed by atoms with Crippen molar-refractivity contribution in [3.63, 3.8) is 0 Å². The lowest BCUT2D eigenvalue weighted by atomic mass is 10.4. The Bertz CT molecular complexity index is 858. The summed E-state index contributed by atoms with van der Waals surface area (Å²) in [6.07, 6.45) is 0. The van der Waals surface area contributed by atoms with Crippen molar-refractivity contribution < 1.29 is 18.5 Å². The van der Waals surface area contributed by atoms with Crippen LogP contribution in [-0.2, 0) is 11.3 Å². The molecule has 2 amide bonds. The highest BCUT2D eigenvalue weighted by Gasteiger charge is 2.13. The number of hydrogen-bond donors (Lipinski definition) is 2. The van der Waals surface area contributed by atoms with E-state index in [0.29, 0.717) is 16.5 Å². The largest absolute Gasteiger partial charge is 0.414 e. The van der Waals surface area contributed by atoms with E-state index >= 15 is 0 Å². The number of thioether (sulfide) groups is 1. The SMILES string of the molecule is Cc1cc(NC(=O)CSc2nnc(CNC(=O)c3cccs3)o2)no1. The predicted octanol–water partition coefficient (Wildman–Crippen LogP) is 2.09. The molecule has 0 atom stereocenters. The van der Waals surface area contributed by atoms with Crippen LogP contribution in [0.1, 0.15) is 21.3 Å². The molecule has 0 fully saturated rings. The summed E-state index contributed by atoms with van der Waals surface area (Å²) >= 11 is 2.43. The van der Waals surface area contributed by atoms with E-state index in [4.69, 9.17) is 8.94 Å². The standard InChI is InChI=1S/C14H13N5O4S2/c1-8-5-10(19-23-8)16-11(20)7-25-14-18-17-12(22-14)6-15-13(21)9-3-2-4-24-9/h2-5H,6-7H2,1H3,(H,15,21)(H,16,19,20). The van der Waals surface area contributed by atoms with Crippen molar-refractivity contribution in [2.24, 2.45) is 0 Å². The van der Waals surface area contributed by atoms with Crippen molar-refractivity contribution in [2.45, 2.75) is 18.7 Å². The van der Waals surface area contributed by atoms with Crippen molar-refractivity contribution >= 4 is 40.7 Å². The molecule has 9 nitrogen and oxygen atoms in total. The molecule has 3 aromatic heterocycles. The molecule has 0 bridgehead atoms. The Morgan fingerprint density at radius 3 is 2.96 bits per heavy atom. The number of carbonyl (C=O) groups is 2. The topological polar surface area (TPSA) is 123 Å². The lowest BCUT2D eigenvalue weighted by molar-refractivity contribution is -0.113. The van der Waals surface area contributed by atoms with Crippen LogP contribution in [0, 0.1) is 6.92 Å². The normalized spacial score (nSPS) is 10.6. The van der Waals surface area contributed by atoms with Gasteiger partial charge in [0.25, 0.3) is 11.1 Å². The van der Waals surface area contributed by atoms with Gasteiger partial charge in [0.15, 0.2) is 5.82 Å². The molecule has 0 aliphatic carbocycles. The number of hydrogen-bond acceptors (Lipinski definition) is 9. The lowest BCUT2D eigenvalue weighted by Gasteiger charge is -1.99. The number of thiophene rings is 1. The monoisotopic (exact) mass is 379 g/mol. The number of rotatable bonds is 7. The van der Waals surface area contributed by atoms with Gasteiger partial charge in [-0.3, -0.25) is 9.59 Å². The Morgan fingerprint density at radius 1 is 1.36 bits per heavy atom. The van der Waals surface area contributed by atoms with Crippen LogP contribution in [-0.4, -0.2) is 32.9 Å². The van der Waals surface area contributed by atoms with E-state index in [0.717, 1.165) is 11.8 Å². The molecule has 0 saturated heterocycles. The van der Waals surface area contributed by atoms with Gasteiger partial charge in [-0.2, -0.15) is 0 Å². The molecule has 0 saturated carbocycles. The van der Waals surface area contributed by atoms with Gasteiger partial charge in [0.1, 0.15) is 5.76 Å². The van der Waals surface area contributed by atoms with Gasteiger partial charge in [-0.1, -0.05) is 23.0 Å². The highest BCUT2D eigenvalue weighted by molar-refractivity contribution is 7.99. The molecule has 3 rings (SSSR count). The molecular weight excluding hydrogens is 366 g/mol. The summed E-state index contributed by atoms with van der Waals surface area (Å²) in [5.41, 5.74) is 0. The van der Waals surface area contributed by atoms with E-state index in [1.165, 1.54) is 11.3 Å². The van der Waals surface area contributed by atoms with Gasteiger partial charge in [-0.25, -0.2) is 0 Å². The van der Waals surface area contributed by atoms with Gasteiger partial charge in [0, 0.05) is 6.07 Å². The van der Waals surface area contributed by atoms with Crippen LogP contribution in [0.25, 0.3) is 0 Å². The zero-order valence-corrected chi connectivity index (χ0v) is 14.6. The molecule has 0 aliphatic rings. The highest BCUT2D eigenvalue weighted by atomic mass is 32.2. The van der Waals surface area contributed by atoms with Gasteiger partial charge < -0.3 is 19.6 Å². The average molecular weight is 379 g/mol. The minimum Gasteiger partial charge on any atom is -0.414 e. The quantitative estimate of drug-likeness (QED) is 0.598. The average Bonchev–Trinajstić information content (AvgIpc) is 3.33. The zero-order valence-electron chi connectivity index (χ0n) is 13.0. The second kappa shape index (κ2) is 7.94. The first-order chi connectivity index (χ1) is 12.1. The summed E-state index contributed by atoms with van der Waals surface area (Å²) < 4.78 is 10.2. The van der Waals surface area contributed by atoms with Gasteiger partial charge >= 0.3 is 0 Å². The summed E-state index contributed by atoms with van der Waals surface area (Å²) in [6, 6.07) is 5.14. The first-order valence-electron chi connectivity index (χ1n) is 7.10. The Kier molecular flexibility index (Phi) is 5.46. The van der Waals surface area contributed by atoms with E-state index in [1.54, 1.807) is 25.1 Å². The van der Waals surface area contributed by atoms with Crippen LogP contribution in [0.15, 0.2) is 37.7 Å². The minimum absolute atomic E-state index is 0.0785. The smallest absolute Gasteiger partial charge is 0.277 e. The number of aromatic nitrogens is 3. The molecule has 3 heterocycles. The summed E-state index contributed by atoms with van der Waals surface area (Å²) in [4.78, 5) is 24.2. The molecule has 0 aliphatic heterocycles. The van der Waals surface area contributed by atoms with Crippen LogP contribution in [0.2, 0.25) is 0 Å². The summed E-state index contributed by atoms with van der Waals surface area (Å²) in [7, 11) is 0. The Balaban J connectivity index is 1.43. The number of anilines is 1. The molecule has 25 heavy (non-hydrogen) atoms. The third-order valence-corrected chi connectivity index (χ3v) is 4.50. The fourth-order valence-corrected chi connectivity index (χ4v) is 2.97. The highest BCUT2D eigenvalue weighted by Crippen LogP contribution is 2.17. The van der Waals surface area contributed by atoms with Crippen LogP contribution in [0.3, 0.4) is 0 Å². The van der Waals surface area contributed by atoms with Crippen molar-refractivity contribution in [2.75, 3.05) is 11.1 Å². The fraction of sp³-hybridized carbons (Fsp3) is 0.214. The molecule has 3 aromatic rings. The Hall–Kier alpha value is -2.66. The zero-order chi connectivity index (χ0) is 17.6. The number of aryl methyl sites for hydroxylation is 1. The molecule has 0 spiro atoms. The van der Waals surface area contributed by atoms with E-state index in [2.05, 4.69) is 26.0 Å². The molecule has 2 N–H and O–H groups in total. The third kappa shape index (κ3) is 4.90. The fourth-order valence-electron chi connectivity index (χ4n) is 1.75. The summed E-state index contributed by atoms with van der Waals surface area (Å²) in [5.74, 6) is 0.822. The van der Waals surface area contributed by atoms with E-state index in [-0.39, 0.29) is 35.2 Å². The number of nitrogens with one attached hydrogen (secondary N) is 2. The van der Waals surface area contributed by atoms with Gasteiger partial charge in [-0.05, 0) is 18.4 Å². The molecule has 11 heteroatoms. The van der Waals surface area contributed by atoms with Crippen molar-refractivity contribution in [3.8, 4) is 0 Å². The van der Waals surface area contributed by atoms with E-state index < -0.39 is 0 Å². The number of nitrogens with zero attached hydrogens (tertiary/aromatic N) is 3. The van der Waals surface area contributed by atoms with Crippen molar-refractivity contribution in [1.29, 1.82) is 0 Å². The third-order valence-electron chi connectivity index (χ3n) is 2.82. The maximum absolute atomic E-state index is 11.8. The molecule has 0 radical (unpaired) electrons. The molecule has 0 unspecified atom stereocenters. The lowest BCUT2D eigenvalue weighted by Crippen LogP contribution is -2.21.